The fraction of sp³-hybridized carbons (Fsp3) is 1.00. The normalized spacial score (nSPS) is 40.6. The molecule has 1 aliphatic heterocycles. The smallest absolute Gasteiger partial charge is 0.0168 e. The molecule has 88 valence electrons. The van der Waals surface area contributed by atoms with Crippen LogP contribution in [0.3, 0.4) is 0 Å². The SMILES string of the molecule is CC1CC(C)(C)CCC1NC1CCSC1. The first-order valence-corrected chi connectivity index (χ1v) is 7.56. The Balaban J connectivity index is 1.83. The van der Waals surface area contributed by atoms with Gasteiger partial charge in [-0.15, -0.1) is 0 Å². The van der Waals surface area contributed by atoms with Crippen molar-refractivity contribution in [1.29, 1.82) is 0 Å². The first-order valence-electron chi connectivity index (χ1n) is 6.41. The van der Waals surface area contributed by atoms with Crippen LogP contribution in [-0.4, -0.2) is 23.6 Å². The summed E-state index contributed by atoms with van der Waals surface area (Å²) in [6.45, 7) is 7.27. The lowest BCUT2D eigenvalue weighted by Gasteiger charge is -2.40. The summed E-state index contributed by atoms with van der Waals surface area (Å²) in [5, 5.41) is 3.88. The lowest BCUT2D eigenvalue weighted by molar-refractivity contribution is 0.143. The molecule has 0 spiro atoms. The third-order valence-corrected chi connectivity index (χ3v) is 5.24. The molecule has 1 N–H and O–H groups in total. The van der Waals surface area contributed by atoms with Gasteiger partial charge in [-0.1, -0.05) is 20.8 Å². The molecule has 2 aliphatic rings. The summed E-state index contributed by atoms with van der Waals surface area (Å²) in [5.74, 6) is 3.57. The van der Waals surface area contributed by atoms with Crippen molar-refractivity contribution in [3.8, 4) is 0 Å². The molecule has 3 atom stereocenters. The number of nitrogens with one attached hydrogen (secondary N) is 1. The second kappa shape index (κ2) is 4.67. The van der Waals surface area contributed by atoms with Crippen LogP contribution in [0, 0.1) is 11.3 Å². The van der Waals surface area contributed by atoms with Crippen molar-refractivity contribution >= 4 is 11.8 Å². The van der Waals surface area contributed by atoms with Gasteiger partial charge in [-0.05, 0) is 42.8 Å². The maximum absolute atomic E-state index is 3.88. The number of thioether (sulfide) groups is 1. The summed E-state index contributed by atoms with van der Waals surface area (Å²) < 4.78 is 0. The Bertz CT molecular complexity index is 209. The standard InChI is InChI=1S/C13H25NS/c1-10-8-13(2,3)6-4-12(10)14-11-5-7-15-9-11/h10-12,14H,4-9H2,1-3H3. The van der Waals surface area contributed by atoms with Gasteiger partial charge < -0.3 is 5.32 Å². The Kier molecular flexibility index (Phi) is 3.67. The first-order chi connectivity index (χ1) is 7.07. The van der Waals surface area contributed by atoms with E-state index in [9.17, 15) is 0 Å². The minimum Gasteiger partial charge on any atom is -0.310 e. The molecular weight excluding hydrogens is 202 g/mol. The molecule has 2 fully saturated rings. The van der Waals surface area contributed by atoms with Gasteiger partial charge in [0.05, 0.1) is 0 Å². The van der Waals surface area contributed by atoms with Crippen molar-refractivity contribution < 1.29 is 0 Å². The quantitative estimate of drug-likeness (QED) is 0.777. The summed E-state index contributed by atoms with van der Waals surface area (Å²) in [6.07, 6.45) is 5.56. The lowest BCUT2D eigenvalue weighted by Crippen LogP contribution is -2.46. The summed E-state index contributed by atoms with van der Waals surface area (Å²) in [7, 11) is 0. The van der Waals surface area contributed by atoms with E-state index in [-0.39, 0.29) is 0 Å². The molecule has 1 nitrogen and oxygen atoms in total. The van der Waals surface area contributed by atoms with Crippen molar-refractivity contribution in [2.24, 2.45) is 11.3 Å². The molecule has 0 aromatic heterocycles. The highest BCUT2D eigenvalue weighted by molar-refractivity contribution is 7.99. The molecule has 1 saturated heterocycles. The Labute approximate surface area is 98.8 Å². The van der Waals surface area contributed by atoms with Gasteiger partial charge in [0, 0.05) is 17.8 Å². The van der Waals surface area contributed by atoms with Crippen LogP contribution >= 0.6 is 11.8 Å². The maximum Gasteiger partial charge on any atom is 0.0168 e. The molecule has 2 rings (SSSR count). The van der Waals surface area contributed by atoms with Crippen LogP contribution in [0.1, 0.15) is 46.5 Å². The molecule has 0 bridgehead atoms. The van der Waals surface area contributed by atoms with Crippen molar-refractivity contribution in [3.63, 3.8) is 0 Å². The second-order valence-electron chi connectivity index (χ2n) is 6.22. The summed E-state index contributed by atoms with van der Waals surface area (Å²) in [5.41, 5.74) is 0.585. The van der Waals surface area contributed by atoms with Crippen molar-refractivity contribution in [1.82, 2.24) is 5.32 Å². The number of hydrogen-bond acceptors (Lipinski definition) is 2. The highest BCUT2D eigenvalue weighted by atomic mass is 32.2. The number of hydrogen-bond donors (Lipinski definition) is 1. The minimum absolute atomic E-state index is 0.585. The predicted molar refractivity (Wildman–Crippen MR) is 69.4 cm³/mol. The maximum atomic E-state index is 3.88. The Hall–Kier alpha value is 0.310. The molecule has 0 aromatic rings. The fourth-order valence-electron chi connectivity index (χ4n) is 3.16. The van der Waals surface area contributed by atoms with Crippen LogP contribution in [0.25, 0.3) is 0 Å². The molecule has 1 heterocycles. The van der Waals surface area contributed by atoms with Crippen LogP contribution < -0.4 is 5.32 Å². The second-order valence-corrected chi connectivity index (χ2v) is 7.37. The molecule has 1 saturated carbocycles. The average Bonchev–Trinajstić information content (AvgIpc) is 2.61. The van der Waals surface area contributed by atoms with Gasteiger partial charge in [0.2, 0.25) is 0 Å². The van der Waals surface area contributed by atoms with Crippen molar-refractivity contribution in [3.05, 3.63) is 0 Å². The van der Waals surface area contributed by atoms with Gasteiger partial charge in [-0.25, -0.2) is 0 Å². The summed E-state index contributed by atoms with van der Waals surface area (Å²) in [4.78, 5) is 0. The van der Waals surface area contributed by atoms with E-state index in [1.165, 1.54) is 37.2 Å². The molecule has 0 radical (unpaired) electrons. The van der Waals surface area contributed by atoms with Crippen LogP contribution in [0.15, 0.2) is 0 Å². The predicted octanol–water partition coefficient (Wildman–Crippen LogP) is 3.30. The van der Waals surface area contributed by atoms with Crippen LogP contribution in [0.5, 0.6) is 0 Å². The van der Waals surface area contributed by atoms with Gasteiger partial charge in [-0.2, -0.15) is 11.8 Å². The zero-order valence-electron chi connectivity index (χ0n) is 10.4. The third kappa shape index (κ3) is 3.13. The Morgan fingerprint density at radius 2 is 2.07 bits per heavy atom. The van der Waals surface area contributed by atoms with Crippen LogP contribution in [0.4, 0.5) is 0 Å². The third-order valence-electron chi connectivity index (χ3n) is 4.07. The van der Waals surface area contributed by atoms with Gasteiger partial charge in [-0.3, -0.25) is 0 Å². The molecule has 3 unspecified atom stereocenters. The fourth-order valence-corrected chi connectivity index (χ4v) is 4.33. The molecule has 2 heteroatoms. The molecule has 1 aliphatic carbocycles. The van der Waals surface area contributed by atoms with E-state index >= 15 is 0 Å². The minimum atomic E-state index is 0.585. The monoisotopic (exact) mass is 227 g/mol. The first kappa shape index (κ1) is 11.8. The Morgan fingerprint density at radius 1 is 1.27 bits per heavy atom. The van der Waals surface area contributed by atoms with Gasteiger partial charge in [0.25, 0.3) is 0 Å². The molecule has 0 amide bonds. The van der Waals surface area contributed by atoms with E-state index in [2.05, 4.69) is 37.8 Å². The Morgan fingerprint density at radius 3 is 2.67 bits per heavy atom. The lowest BCUT2D eigenvalue weighted by atomic mass is 9.70. The number of rotatable bonds is 2. The van der Waals surface area contributed by atoms with E-state index in [0.29, 0.717) is 5.41 Å². The summed E-state index contributed by atoms with van der Waals surface area (Å²) in [6, 6.07) is 1.60. The van der Waals surface area contributed by atoms with E-state index in [4.69, 9.17) is 0 Å². The zero-order chi connectivity index (χ0) is 10.9. The van der Waals surface area contributed by atoms with E-state index < -0.39 is 0 Å². The van der Waals surface area contributed by atoms with E-state index in [0.717, 1.165) is 18.0 Å². The van der Waals surface area contributed by atoms with Gasteiger partial charge in [0.15, 0.2) is 0 Å². The summed E-state index contributed by atoms with van der Waals surface area (Å²) >= 11 is 2.11. The zero-order valence-corrected chi connectivity index (χ0v) is 11.2. The highest BCUT2D eigenvalue weighted by Gasteiger charge is 2.33. The van der Waals surface area contributed by atoms with Gasteiger partial charge >= 0.3 is 0 Å². The largest absolute Gasteiger partial charge is 0.310 e. The van der Waals surface area contributed by atoms with E-state index in [1.54, 1.807) is 0 Å². The molecule has 0 aromatic carbocycles. The van der Waals surface area contributed by atoms with Gasteiger partial charge in [0.1, 0.15) is 0 Å². The van der Waals surface area contributed by atoms with Crippen LogP contribution in [0.2, 0.25) is 0 Å². The molecule has 15 heavy (non-hydrogen) atoms. The highest BCUT2D eigenvalue weighted by Crippen LogP contribution is 2.38. The van der Waals surface area contributed by atoms with Crippen molar-refractivity contribution in [2.45, 2.75) is 58.5 Å². The van der Waals surface area contributed by atoms with E-state index in [1.807, 2.05) is 0 Å². The average molecular weight is 227 g/mol. The molecular formula is C13H25NS. The van der Waals surface area contributed by atoms with Crippen molar-refractivity contribution in [2.75, 3.05) is 11.5 Å². The topological polar surface area (TPSA) is 12.0 Å². The van der Waals surface area contributed by atoms with Crippen LogP contribution in [-0.2, 0) is 0 Å².